The fourth-order valence-electron chi connectivity index (χ4n) is 4.90. The van der Waals surface area contributed by atoms with Crippen molar-refractivity contribution in [2.75, 3.05) is 20.2 Å². The predicted molar refractivity (Wildman–Crippen MR) is 95.6 cm³/mol. The zero-order chi connectivity index (χ0) is 19.2. The predicted octanol–water partition coefficient (Wildman–Crippen LogP) is 1.38. The molecule has 1 aromatic heterocycles. The molecule has 1 aliphatic carbocycles. The van der Waals surface area contributed by atoms with Crippen LogP contribution in [-0.2, 0) is 16.1 Å². The Hall–Kier alpha value is -2.77. The van der Waals surface area contributed by atoms with Gasteiger partial charge in [0, 0.05) is 18.7 Å². The van der Waals surface area contributed by atoms with Crippen LogP contribution in [0.1, 0.15) is 36.2 Å². The molecule has 1 aliphatic heterocycles. The van der Waals surface area contributed by atoms with Gasteiger partial charge in [-0.25, -0.2) is 4.68 Å². The largest absolute Gasteiger partial charge is 0.469 e. The molecule has 2 heterocycles. The van der Waals surface area contributed by atoms with Crippen LogP contribution < -0.4 is 0 Å². The van der Waals surface area contributed by atoms with Crippen LogP contribution in [0.3, 0.4) is 0 Å². The van der Waals surface area contributed by atoms with E-state index in [0.717, 1.165) is 12.0 Å². The van der Waals surface area contributed by atoms with Crippen molar-refractivity contribution in [3.63, 3.8) is 0 Å². The maximum Gasteiger partial charge on any atom is 0.314 e. The van der Waals surface area contributed by atoms with Crippen molar-refractivity contribution in [1.82, 2.24) is 25.1 Å². The number of methoxy groups -OCH3 is 1. The van der Waals surface area contributed by atoms with Crippen LogP contribution in [-0.4, -0.2) is 57.2 Å². The Balaban J connectivity index is 1.49. The normalized spacial score (nSPS) is 25.6. The second-order valence-electron chi connectivity index (χ2n) is 8.26. The number of amides is 1. The van der Waals surface area contributed by atoms with Gasteiger partial charge >= 0.3 is 5.97 Å². The lowest BCUT2D eigenvalue weighted by Gasteiger charge is -2.54. The van der Waals surface area contributed by atoms with E-state index in [1.165, 1.54) is 7.11 Å². The van der Waals surface area contributed by atoms with Crippen molar-refractivity contribution >= 4 is 11.9 Å². The summed E-state index contributed by atoms with van der Waals surface area (Å²) in [4.78, 5) is 27.2. The molecule has 2 aliphatic rings. The van der Waals surface area contributed by atoms with Gasteiger partial charge in [-0.1, -0.05) is 26.0 Å². The van der Waals surface area contributed by atoms with Crippen LogP contribution in [0, 0.1) is 16.7 Å². The molecule has 1 aromatic carbocycles. The number of tetrazole rings is 1. The van der Waals surface area contributed by atoms with E-state index < -0.39 is 5.41 Å². The zero-order valence-electron chi connectivity index (χ0n) is 15.8. The third kappa shape index (κ3) is 2.79. The fourth-order valence-corrected chi connectivity index (χ4v) is 4.90. The highest BCUT2D eigenvalue weighted by Gasteiger charge is 2.68. The lowest BCUT2D eigenvalue weighted by Crippen LogP contribution is -2.57. The Bertz CT molecular complexity index is 862. The van der Waals surface area contributed by atoms with E-state index in [0.29, 0.717) is 25.2 Å². The van der Waals surface area contributed by atoms with Gasteiger partial charge in [0.2, 0.25) is 0 Å². The first-order chi connectivity index (χ1) is 12.9. The molecule has 0 unspecified atom stereocenters. The number of carbonyl (C=O) groups is 2. The maximum absolute atomic E-state index is 13.0. The summed E-state index contributed by atoms with van der Waals surface area (Å²) in [5.41, 5.74) is 1.12. The van der Waals surface area contributed by atoms with Gasteiger partial charge in [0.05, 0.1) is 19.1 Å². The van der Waals surface area contributed by atoms with E-state index in [2.05, 4.69) is 29.4 Å². The number of carbonyl (C=O) groups excluding carboxylic acids is 2. The van der Waals surface area contributed by atoms with Crippen LogP contribution in [0.5, 0.6) is 0 Å². The highest BCUT2D eigenvalue weighted by molar-refractivity contribution is 5.95. The summed E-state index contributed by atoms with van der Waals surface area (Å²) in [6, 6.07) is 7.44. The summed E-state index contributed by atoms with van der Waals surface area (Å²) >= 11 is 0. The Kier molecular flexibility index (Phi) is 4.01. The number of likely N-dealkylation sites (tertiary alicyclic amines) is 1. The third-order valence-electron chi connectivity index (χ3n) is 6.07. The number of ether oxygens (including phenoxy) is 1. The summed E-state index contributed by atoms with van der Waals surface area (Å²) in [5.74, 6) is -0.100. The Morgan fingerprint density at radius 1 is 1.26 bits per heavy atom. The molecule has 0 spiro atoms. The van der Waals surface area contributed by atoms with Crippen LogP contribution in [0.25, 0.3) is 0 Å². The van der Waals surface area contributed by atoms with Gasteiger partial charge in [-0.15, -0.1) is 5.10 Å². The molecule has 4 rings (SSSR count). The van der Waals surface area contributed by atoms with Crippen LogP contribution in [0.2, 0.25) is 0 Å². The van der Waals surface area contributed by atoms with Crippen molar-refractivity contribution in [3.05, 3.63) is 41.7 Å². The van der Waals surface area contributed by atoms with Crippen molar-refractivity contribution in [3.8, 4) is 0 Å². The average Bonchev–Trinajstić information content (AvgIpc) is 3.27. The number of esters is 1. The van der Waals surface area contributed by atoms with Crippen LogP contribution >= 0.6 is 0 Å². The number of hydrogen-bond acceptors (Lipinski definition) is 6. The van der Waals surface area contributed by atoms with E-state index in [-0.39, 0.29) is 23.2 Å². The SMILES string of the molecule is COC(=O)[C@@]12CN(C(=O)c3ccc(Cn4cnnn4)cc3)C[C@@H]1C(C)(C)C2. The zero-order valence-corrected chi connectivity index (χ0v) is 15.8. The quantitative estimate of drug-likeness (QED) is 0.757. The number of fused-ring (bicyclic) bond motifs is 1. The molecule has 0 radical (unpaired) electrons. The number of rotatable bonds is 4. The van der Waals surface area contributed by atoms with Gasteiger partial charge in [0.1, 0.15) is 6.33 Å². The third-order valence-corrected chi connectivity index (χ3v) is 6.07. The molecule has 8 nitrogen and oxygen atoms in total. The van der Waals surface area contributed by atoms with Crippen molar-refractivity contribution in [2.45, 2.75) is 26.8 Å². The number of aromatic nitrogens is 4. The summed E-state index contributed by atoms with van der Waals surface area (Å²) in [7, 11) is 1.42. The molecule has 27 heavy (non-hydrogen) atoms. The first-order valence-electron chi connectivity index (χ1n) is 9.03. The average molecular weight is 369 g/mol. The number of hydrogen-bond donors (Lipinski definition) is 0. The van der Waals surface area contributed by atoms with E-state index >= 15 is 0 Å². The van der Waals surface area contributed by atoms with E-state index in [1.807, 2.05) is 24.3 Å². The van der Waals surface area contributed by atoms with Crippen molar-refractivity contribution in [1.29, 1.82) is 0 Å². The summed E-state index contributed by atoms with van der Waals surface area (Å²) in [6.07, 6.45) is 2.30. The summed E-state index contributed by atoms with van der Waals surface area (Å²) < 4.78 is 6.68. The number of benzene rings is 1. The van der Waals surface area contributed by atoms with E-state index in [1.54, 1.807) is 15.9 Å². The maximum atomic E-state index is 13.0. The molecule has 1 saturated carbocycles. The molecule has 0 bridgehead atoms. The van der Waals surface area contributed by atoms with Gasteiger partial charge in [-0.2, -0.15) is 0 Å². The minimum absolute atomic E-state index is 0.0406. The molecule has 2 atom stereocenters. The number of nitrogens with zero attached hydrogens (tertiary/aromatic N) is 5. The molecular weight excluding hydrogens is 346 g/mol. The first-order valence-corrected chi connectivity index (χ1v) is 9.03. The highest BCUT2D eigenvalue weighted by Crippen LogP contribution is 2.63. The van der Waals surface area contributed by atoms with E-state index in [9.17, 15) is 9.59 Å². The molecule has 2 aromatic rings. The van der Waals surface area contributed by atoms with Crippen molar-refractivity contribution in [2.24, 2.45) is 16.7 Å². The Labute approximate surface area is 157 Å². The van der Waals surface area contributed by atoms with Crippen LogP contribution in [0.4, 0.5) is 0 Å². The lowest BCUT2D eigenvalue weighted by molar-refractivity contribution is -0.174. The minimum atomic E-state index is -0.548. The van der Waals surface area contributed by atoms with Crippen LogP contribution in [0.15, 0.2) is 30.6 Å². The molecular formula is C19H23N5O3. The highest BCUT2D eigenvalue weighted by atomic mass is 16.5. The summed E-state index contributed by atoms with van der Waals surface area (Å²) in [6.45, 7) is 5.88. The van der Waals surface area contributed by atoms with Gasteiger partial charge < -0.3 is 9.64 Å². The molecule has 2 fully saturated rings. The second-order valence-corrected chi connectivity index (χ2v) is 8.26. The summed E-state index contributed by atoms with van der Waals surface area (Å²) in [5, 5.41) is 11.1. The lowest BCUT2D eigenvalue weighted by atomic mass is 9.48. The molecule has 8 heteroatoms. The van der Waals surface area contributed by atoms with Gasteiger partial charge in [0.15, 0.2) is 0 Å². The monoisotopic (exact) mass is 369 g/mol. The first kappa shape index (κ1) is 17.6. The van der Waals surface area contributed by atoms with E-state index in [4.69, 9.17) is 4.74 Å². The second kappa shape index (κ2) is 6.14. The topological polar surface area (TPSA) is 90.2 Å². The fraction of sp³-hybridized carbons (Fsp3) is 0.526. The van der Waals surface area contributed by atoms with Gasteiger partial charge in [-0.3, -0.25) is 9.59 Å². The molecule has 142 valence electrons. The van der Waals surface area contributed by atoms with Gasteiger partial charge in [-0.05, 0) is 45.9 Å². The Morgan fingerprint density at radius 3 is 2.59 bits per heavy atom. The standard InChI is InChI=1S/C19H23N5O3/c1-18(2)10-19(17(26)27-3)11-23(9-15(18)19)16(25)14-6-4-13(5-7-14)8-24-12-20-21-22-24/h4-7,12,15H,8-11H2,1-3H3/t15-,19+/m1/s1. The van der Waals surface area contributed by atoms with Gasteiger partial charge in [0.25, 0.3) is 5.91 Å². The molecule has 1 saturated heterocycles. The molecule has 1 amide bonds. The van der Waals surface area contributed by atoms with Crippen molar-refractivity contribution < 1.29 is 14.3 Å². The Morgan fingerprint density at radius 2 is 2.00 bits per heavy atom. The molecule has 0 N–H and O–H groups in total. The smallest absolute Gasteiger partial charge is 0.314 e. The minimum Gasteiger partial charge on any atom is -0.469 e.